The van der Waals surface area contributed by atoms with E-state index in [2.05, 4.69) is 9.98 Å². The van der Waals surface area contributed by atoms with E-state index in [9.17, 15) is 20.1 Å². The second-order valence-electron chi connectivity index (χ2n) is 5.07. The average molecular weight is 294 g/mol. The highest BCUT2D eigenvalue weighted by molar-refractivity contribution is 6.55. The molecule has 2 heterocycles. The molecule has 0 fully saturated rings. The number of aliphatic imine (C=N–C) groups is 1. The Morgan fingerprint density at radius 1 is 0.955 bits per heavy atom. The topological polar surface area (TPSA) is 106 Å². The number of hydrogen-bond donors (Lipinski definition) is 4. The maximum atomic E-state index is 12.4. The Morgan fingerprint density at radius 2 is 1.68 bits per heavy atom. The standard InChI is InChI=1S/C16H10N2O4/c19-7-1-3-11-9(5-7)15(21)13(17-11)14-16(22)10-6-8(20)2-4-12(10)18-14/h1-6,17,19-21H. The molecule has 6 heteroatoms. The molecule has 0 amide bonds. The van der Waals surface area contributed by atoms with Crippen LogP contribution >= 0.6 is 0 Å². The molecule has 4 N–H and O–H groups in total. The molecule has 22 heavy (non-hydrogen) atoms. The van der Waals surface area contributed by atoms with E-state index in [4.69, 9.17) is 0 Å². The van der Waals surface area contributed by atoms with Crippen molar-refractivity contribution in [3.05, 3.63) is 47.7 Å². The largest absolute Gasteiger partial charge is 0.508 e. The summed E-state index contributed by atoms with van der Waals surface area (Å²) in [6.45, 7) is 0. The van der Waals surface area contributed by atoms with Crippen LogP contribution in [0.2, 0.25) is 0 Å². The average Bonchev–Trinajstić information content (AvgIpc) is 2.98. The molecule has 6 nitrogen and oxygen atoms in total. The molecule has 0 saturated carbocycles. The number of nitrogens with zero attached hydrogens (tertiary/aromatic N) is 1. The highest BCUT2D eigenvalue weighted by Gasteiger charge is 2.29. The molecular weight excluding hydrogens is 284 g/mol. The lowest BCUT2D eigenvalue weighted by Crippen LogP contribution is -2.11. The highest BCUT2D eigenvalue weighted by Crippen LogP contribution is 2.37. The fourth-order valence-corrected chi connectivity index (χ4v) is 2.61. The van der Waals surface area contributed by atoms with Gasteiger partial charge in [-0.2, -0.15) is 0 Å². The van der Waals surface area contributed by atoms with E-state index in [1.165, 1.54) is 24.3 Å². The van der Waals surface area contributed by atoms with Crippen molar-refractivity contribution in [2.24, 2.45) is 4.99 Å². The van der Waals surface area contributed by atoms with Crippen LogP contribution in [0.1, 0.15) is 16.1 Å². The van der Waals surface area contributed by atoms with Gasteiger partial charge in [-0.05, 0) is 36.4 Å². The van der Waals surface area contributed by atoms with Crippen LogP contribution in [0.15, 0.2) is 41.4 Å². The third kappa shape index (κ3) is 1.61. The molecule has 0 saturated heterocycles. The Morgan fingerprint density at radius 3 is 2.50 bits per heavy atom. The van der Waals surface area contributed by atoms with Gasteiger partial charge in [-0.1, -0.05) is 0 Å². The van der Waals surface area contributed by atoms with Gasteiger partial charge in [-0.25, -0.2) is 4.99 Å². The number of carbonyl (C=O) groups is 1. The Labute approximate surface area is 124 Å². The number of ketones is 1. The quantitative estimate of drug-likeness (QED) is 0.553. The first-order valence-electron chi connectivity index (χ1n) is 6.55. The molecule has 0 unspecified atom stereocenters. The van der Waals surface area contributed by atoms with Gasteiger partial charge in [0.05, 0.1) is 11.3 Å². The molecular formula is C16H10N2O4. The van der Waals surface area contributed by atoms with E-state index in [-0.39, 0.29) is 40.0 Å². The van der Waals surface area contributed by atoms with Crippen LogP contribution in [-0.4, -0.2) is 31.8 Å². The molecule has 0 radical (unpaired) electrons. The summed E-state index contributed by atoms with van der Waals surface area (Å²) in [5.74, 6) is -0.525. The zero-order valence-electron chi connectivity index (χ0n) is 11.2. The van der Waals surface area contributed by atoms with Crippen molar-refractivity contribution in [3.8, 4) is 17.2 Å². The van der Waals surface area contributed by atoms with Crippen LogP contribution in [0.25, 0.3) is 10.9 Å². The van der Waals surface area contributed by atoms with Crippen LogP contribution in [0, 0.1) is 0 Å². The molecule has 3 aromatic rings. The Balaban J connectivity index is 1.91. The first-order chi connectivity index (χ1) is 10.5. The third-order valence-electron chi connectivity index (χ3n) is 3.66. The predicted octanol–water partition coefficient (Wildman–Crippen LogP) is 2.60. The van der Waals surface area contributed by atoms with E-state index >= 15 is 0 Å². The number of aromatic nitrogens is 1. The van der Waals surface area contributed by atoms with Crippen LogP contribution in [0.5, 0.6) is 17.2 Å². The molecule has 4 rings (SSSR count). The number of Topliss-reactive ketones (excluding diaryl/α,β-unsaturated/α-hetero) is 1. The Hall–Kier alpha value is -3.28. The number of H-pyrrole nitrogens is 1. The molecule has 0 atom stereocenters. The number of rotatable bonds is 1. The summed E-state index contributed by atoms with van der Waals surface area (Å²) >= 11 is 0. The van der Waals surface area contributed by atoms with E-state index in [0.29, 0.717) is 16.6 Å². The first kappa shape index (κ1) is 12.5. The second-order valence-corrected chi connectivity index (χ2v) is 5.07. The molecule has 2 aromatic carbocycles. The number of phenols is 2. The van der Waals surface area contributed by atoms with Gasteiger partial charge in [0.25, 0.3) is 0 Å². The van der Waals surface area contributed by atoms with E-state index < -0.39 is 0 Å². The van der Waals surface area contributed by atoms with Crippen molar-refractivity contribution < 1.29 is 20.1 Å². The van der Waals surface area contributed by atoms with Gasteiger partial charge < -0.3 is 20.3 Å². The van der Waals surface area contributed by atoms with Crippen molar-refractivity contribution >= 4 is 28.1 Å². The summed E-state index contributed by atoms with van der Waals surface area (Å²) in [6, 6.07) is 8.83. The minimum absolute atomic E-state index is 0.0150. The van der Waals surface area contributed by atoms with Crippen molar-refractivity contribution in [2.45, 2.75) is 0 Å². The Bertz CT molecular complexity index is 985. The van der Waals surface area contributed by atoms with E-state index in [1.807, 2.05) is 0 Å². The fourth-order valence-electron chi connectivity index (χ4n) is 2.61. The smallest absolute Gasteiger partial charge is 0.215 e. The second kappa shape index (κ2) is 4.11. The molecule has 0 spiro atoms. The number of benzene rings is 2. The van der Waals surface area contributed by atoms with E-state index in [0.717, 1.165) is 0 Å². The van der Waals surface area contributed by atoms with Crippen LogP contribution in [-0.2, 0) is 0 Å². The molecule has 0 aliphatic carbocycles. The molecule has 1 aliphatic rings. The van der Waals surface area contributed by atoms with Crippen molar-refractivity contribution in [1.82, 2.24) is 4.98 Å². The number of phenolic OH excluding ortho intramolecular Hbond substituents is 2. The third-order valence-corrected chi connectivity index (χ3v) is 3.66. The summed E-state index contributed by atoms with van der Waals surface area (Å²) < 4.78 is 0. The SMILES string of the molecule is O=C1C(c2[nH]c3ccc(O)cc3c2O)=Nc2ccc(O)cc21. The zero-order chi connectivity index (χ0) is 15.4. The zero-order valence-corrected chi connectivity index (χ0v) is 11.2. The molecule has 1 aromatic heterocycles. The monoisotopic (exact) mass is 294 g/mol. The van der Waals surface area contributed by atoms with Crippen LogP contribution in [0.3, 0.4) is 0 Å². The summed E-state index contributed by atoms with van der Waals surface area (Å²) in [7, 11) is 0. The molecule has 1 aliphatic heterocycles. The minimum Gasteiger partial charge on any atom is -0.508 e. The van der Waals surface area contributed by atoms with Gasteiger partial charge in [0.1, 0.15) is 22.9 Å². The summed E-state index contributed by atoms with van der Waals surface area (Å²) in [4.78, 5) is 19.6. The predicted molar refractivity (Wildman–Crippen MR) is 80.3 cm³/mol. The number of hydrogen-bond acceptors (Lipinski definition) is 5. The van der Waals surface area contributed by atoms with Gasteiger partial charge in [-0.15, -0.1) is 0 Å². The molecule has 108 valence electrons. The minimum atomic E-state index is -0.378. The van der Waals surface area contributed by atoms with Gasteiger partial charge in [-0.3, -0.25) is 4.79 Å². The van der Waals surface area contributed by atoms with Gasteiger partial charge in [0, 0.05) is 10.9 Å². The van der Waals surface area contributed by atoms with Gasteiger partial charge in [0.15, 0.2) is 5.75 Å². The Kier molecular flexibility index (Phi) is 2.33. The van der Waals surface area contributed by atoms with Crippen molar-refractivity contribution in [2.75, 3.05) is 0 Å². The van der Waals surface area contributed by atoms with Crippen LogP contribution < -0.4 is 0 Å². The van der Waals surface area contributed by atoms with Gasteiger partial charge >= 0.3 is 0 Å². The number of nitrogens with one attached hydrogen (secondary N) is 1. The molecule has 0 bridgehead atoms. The number of aromatic amines is 1. The summed E-state index contributed by atoms with van der Waals surface area (Å²) in [5, 5.41) is 29.7. The lowest BCUT2D eigenvalue weighted by molar-refractivity contribution is 0.106. The maximum Gasteiger partial charge on any atom is 0.215 e. The fraction of sp³-hybridized carbons (Fsp3) is 0. The van der Waals surface area contributed by atoms with Crippen molar-refractivity contribution in [3.63, 3.8) is 0 Å². The summed E-state index contributed by atoms with van der Waals surface area (Å²) in [5.41, 5.74) is 1.59. The first-order valence-corrected chi connectivity index (χ1v) is 6.55. The number of fused-ring (bicyclic) bond motifs is 2. The van der Waals surface area contributed by atoms with Gasteiger partial charge in [0.2, 0.25) is 5.78 Å². The highest BCUT2D eigenvalue weighted by atomic mass is 16.3. The maximum absolute atomic E-state index is 12.4. The normalized spacial score (nSPS) is 13.5. The number of aromatic hydroxyl groups is 3. The lowest BCUT2D eigenvalue weighted by atomic mass is 10.1. The van der Waals surface area contributed by atoms with Crippen LogP contribution in [0.4, 0.5) is 5.69 Å². The van der Waals surface area contributed by atoms with E-state index in [1.54, 1.807) is 12.1 Å². The summed E-state index contributed by atoms with van der Waals surface area (Å²) in [6.07, 6.45) is 0. The lowest BCUT2D eigenvalue weighted by Gasteiger charge is -1.97. The number of carbonyl (C=O) groups excluding carboxylic acids is 1. The van der Waals surface area contributed by atoms with Crippen molar-refractivity contribution in [1.29, 1.82) is 0 Å².